The fourth-order valence-electron chi connectivity index (χ4n) is 3.27. The number of furan rings is 1. The van der Waals surface area contributed by atoms with Gasteiger partial charge in [0.05, 0.1) is 6.26 Å². The molecule has 2 heterocycles. The van der Waals surface area contributed by atoms with E-state index in [4.69, 9.17) is 9.52 Å². The smallest absolute Gasteiger partial charge is 0.323 e. The fraction of sp³-hybridized carbons (Fsp3) is 0.556. The Labute approximate surface area is 157 Å². The second-order valence-corrected chi connectivity index (χ2v) is 6.62. The molecule has 1 aliphatic heterocycles. The summed E-state index contributed by atoms with van der Waals surface area (Å²) in [5, 5.41) is 11.6. The molecule has 0 bridgehead atoms. The standard InChI is InChI=1S/C18H25N3O6/c1-12(19-17(25)15-6-4-10-27-15)18(26)20-8-3-5-14(7-9-20)21(13(2)22)11-16(23)24/h4,6,10,12,14H,3,5,7-9,11H2,1-2H3,(H,19,25)(H,23,24). The number of rotatable bonds is 6. The first-order valence-corrected chi connectivity index (χ1v) is 8.91. The number of carbonyl (C=O) groups excluding carboxylic acids is 3. The number of likely N-dealkylation sites (tertiary alicyclic amines) is 1. The van der Waals surface area contributed by atoms with E-state index in [1.165, 1.54) is 24.2 Å². The van der Waals surface area contributed by atoms with E-state index in [0.717, 1.165) is 0 Å². The molecule has 2 atom stereocenters. The average Bonchev–Trinajstić information content (AvgIpc) is 3.04. The highest BCUT2D eigenvalue weighted by molar-refractivity contribution is 5.95. The van der Waals surface area contributed by atoms with Crippen molar-refractivity contribution in [2.45, 2.75) is 45.2 Å². The first-order valence-electron chi connectivity index (χ1n) is 8.91. The van der Waals surface area contributed by atoms with Crippen LogP contribution in [0.25, 0.3) is 0 Å². The molecule has 1 saturated heterocycles. The van der Waals surface area contributed by atoms with Gasteiger partial charge in [-0.05, 0) is 38.3 Å². The van der Waals surface area contributed by atoms with E-state index in [0.29, 0.717) is 32.4 Å². The zero-order chi connectivity index (χ0) is 20.0. The predicted molar refractivity (Wildman–Crippen MR) is 94.9 cm³/mol. The maximum Gasteiger partial charge on any atom is 0.323 e. The van der Waals surface area contributed by atoms with Crippen LogP contribution in [-0.2, 0) is 14.4 Å². The number of hydrogen-bond acceptors (Lipinski definition) is 5. The highest BCUT2D eigenvalue weighted by Crippen LogP contribution is 2.18. The summed E-state index contributed by atoms with van der Waals surface area (Å²) in [5.41, 5.74) is 0. The minimum absolute atomic E-state index is 0.136. The van der Waals surface area contributed by atoms with E-state index in [1.54, 1.807) is 17.9 Å². The number of nitrogens with zero attached hydrogens (tertiary/aromatic N) is 2. The molecule has 1 fully saturated rings. The molecule has 1 aromatic rings. The number of aliphatic carboxylic acids is 1. The fourth-order valence-corrected chi connectivity index (χ4v) is 3.27. The second-order valence-electron chi connectivity index (χ2n) is 6.62. The van der Waals surface area contributed by atoms with Gasteiger partial charge >= 0.3 is 5.97 Å². The Morgan fingerprint density at radius 3 is 2.67 bits per heavy atom. The highest BCUT2D eigenvalue weighted by Gasteiger charge is 2.29. The minimum atomic E-state index is -1.06. The minimum Gasteiger partial charge on any atom is -0.480 e. The summed E-state index contributed by atoms with van der Waals surface area (Å²) >= 11 is 0. The SMILES string of the molecule is CC(=O)N(CC(=O)O)C1CCCN(C(=O)C(C)NC(=O)c2ccco2)CC1. The molecule has 0 spiro atoms. The van der Waals surface area contributed by atoms with Crippen molar-refractivity contribution in [2.24, 2.45) is 0 Å². The quantitative estimate of drug-likeness (QED) is 0.751. The van der Waals surface area contributed by atoms with Crippen molar-refractivity contribution >= 4 is 23.7 Å². The van der Waals surface area contributed by atoms with Crippen LogP contribution in [0.5, 0.6) is 0 Å². The Bertz CT molecular complexity index is 687. The molecule has 0 aliphatic carbocycles. The van der Waals surface area contributed by atoms with Crippen LogP contribution in [0, 0.1) is 0 Å². The molecular formula is C18H25N3O6. The monoisotopic (exact) mass is 379 g/mol. The number of carboxylic acids is 1. The van der Waals surface area contributed by atoms with Crippen LogP contribution in [-0.4, -0.2) is 70.3 Å². The van der Waals surface area contributed by atoms with Gasteiger partial charge < -0.3 is 24.6 Å². The van der Waals surface area contributed by atoms with E-state index < -0.39 is 17.9 Å². The lowest BCUT2D eigenvalue weighted by atomic mass is 10.1. The van der Waals surface area contributed by atoms with Crippen LogP contribution in [0.2, 0.25) is 0 Å². The van der Waals surface area contributed by atoms with E-state index in [9.17, 15) is 19.2 Å². The van der Waals surface area contributed by atoms with Gasteiger partial charge in [0.25, 0.3) is 5.91 Å². The molecular weight excluding hydrogens is 354 g/mol. The normalized spacial score (nSPS) is 18.3. The van der Waals surface area contributed by atoms with Crippen LogP contribution in [0.3, 0.4) is 0 Å². The van der Waals surface area contributed by atoms with Gasteiger partial charge in [-0.25, -0.2) is 0 Å². The van der Waals surface area contributed by atoms with Crippen molar-refractivity contribution in [3.8, 4) is 0 Å². The molecule has 3 amide bonds. The van der Waals surface area contributed by atoms with Crippen LogP contribution >= 0.6 is 0 Å². The van der Waals surface area contributed by atoms with Crippen LogP contribution < -0.4 is 5.32 Å². The van der Waals surface area contributed by atoms with Gasteiger partial charge in [0.15, 0.2) is 5.76 Å². The molecule has 0 aromatic carbocycles. The number of carboxylic acid groups (broad SMARTS) is 1. The molecule has 9 heteroatoms. The summed E-state index contributed by atoms with van der Waals surface area (Å²) < 4.78 is 5.01. The molecule has 0 radical (unpaired) electrons. The summed E-state index contributed by atoms with van der Waals surface area (Å²) in [6.45, 7) is 3.51. The van der Waals surface area contributed by atoms with Crippen LogP contribution in [0.1, 0.15) is 43.7 Å². The van der Waals surface area contributed by atoms with Gasteiger partial charge in [-0.3, -0.25) is 19.2 Å². The highest BCUT2D eigenvalue weighted by atomic mass is 16.4. The third kappa shape index (κ3) is 5.57. The van der Waals surface area contributed by atoms with Gasteiger partial charge in [0.1, 0.15) is 12.6 Å². The average molecular weight is 379 g/mol. The van der Waals surface area contributed by atoms with Gasteiger partial charge in [0.2, 0.25) is 11.8 Å². The topological polar surface area (TPSA) is 120 Å². The van der Waals surface area contributed by atoms with E-state index in [2.05, 4.69) is 5.32 Å². The molecule has 0 saturated carbocycles. The summed E-state index contributed by atoms with van der Waals surface area (Å²) in [7, 11) is 0. The van der Waals surface area contributed by atoms with Gasteiger partial charge in [0, 0.05) is 26.1 Å². The largest absolute Gasteiger partial charge is 0.480 e. The molecule has 1 aromatic heterocycles. The van der Waals surface area contributed by atoms with Crippen LogP contribution in [0.4, 0.5) is 0 Å². The van der Waals surface area contributed by atoms with Gasteiger partial charge in [-0.15, -0.1) is 0 Å². The molecule has 9 nitrogen and oxygen atoms in total. The lowest BCUT2D eigenvalue weighted by Crippen LogP contribution is -2.47. The lowest BCUT2D eigenvalue weighted by molar-refractivity contribution is -0.145. The first-order chi connectivity index (χ1) is 12.8. The third-order valence-electron chi connectivity index (χ3n) is 4.62. The van der Waals surface area contributed by atoms with Crippen molar-refractivity contribution in [2.75, 3.05) is 19.6 Å². The Balaban J connectivity index is 1.94. The summed E-state index contributed by atoms with van der Waals surface area (Å²) in [4.78, 5) is 50.4. The number of hydrogen-bond donors (Lipinski definition) is 2. The molecule has 2 rings (SSSR count). The molecule has 27 heavy (non-hydrogen) atoms. The first kappa shape index (κ1) is 20.5. The maximum absolute atomic E-state index is 12.7. The summed E-state index contributed by atoms with van der Waals surface area (Å²) in [5.74, 6) is -1.89. The van der Waals surface area contributed by atoms with Crippen molar-refractivity contribution in [3.05, 3.63) is 24.2 Å². The number of amides is 3. The molecule has 2 N–H and O–H groups in total. The summed E-state index contributed by atoms with van der Waals surface area (Å²) in [6, 6.07) is 2.17. The Kier molecular flexibility index (Phi) is 6.98. The Morgan fingerprint density at radius 2 is 2.07 bits per heavy atom. The third-order valence-corrected chi connectivity index (χ3v) is 4.62. The van der Waals surface area contributed by atoms with Gasteiger partial charge in [-0.1, -0.05) is 0 Å². The van der Waals surface area contributed by atoms with Crippen LogP contribution in [0.15, 0.2) is 22.8 Å². The Hall–Kier alpha value is -2.84. The molecule has 148 valence electrons. The van der Waals surface area contributed by atoms with E-state index in [1.807, 2.05) is 0 Å². The number of nitrogens with one attached hydrogen (secondary N) is 1. The Morgan fingerprint density at radius 1 is 1.33 bits per heavy atom. The maximum atomic E-state index is 12.7. The van der Waals surface area contributed by atoms with Gasteiger partial charge in [-0.2, -0.15) is 0 Å². The van der Waals surface area contributed by atoms with E-state index in [-0.39, 0.29) is 30.2 Å². The molecule has 2 unspecified atom stereocenters. The van der Waals surface area contributed by atoms with Crippen molar-refractivity contribution in [1.29, 1.82) is 0 Å². The van der Waals surface area contributed by atoms with Crippen molar-refractivity contribution < 1.29 is 28.7 Å². The zero-order valence-electron chi connectivity index (χ0n) is 15.5. The predicted octanol–water partition coefficient (Wildman–Crippen LogP) is 0.712. The van der Waals surface area contributed by atoms with Crippen molar-refractivity contribution in [3.63, 3.8) is 0 Å². The van der Waals surface area contributed by atoms with E-state index >= 15 is 0 Å². The van der Waals surface area contributed by atoms with Crippen molar-refractivity contribution in [1.82, 2.24) is 15.1 Å². The summed E-state index contributed by atoms with van der Waals surface area (Å²) in [6.07, 6.45) is 3.16. The molecule has 1 aliphatic rings. The second kappa shape index (κ2) is 9.20. The zero-order valence-corrected chi connectivity index (χ0v) is 15.5. The number of carbonyl (C=O) groups is 4. The lowest BCUT2D eigenvalue weighted by Gasteiger charge is -2.29.